The molecule has 100 valence electrons. The predicted octanol–water partition coefficient (Wildman–Crippen LogP) is -0.0857. The maximum Gasteiger partial charge on any atom is 0.406 e. The van der Waals surface area contributed by atoms with E-state index in [2.05, 4.69) is 4.98 Å². The minimum Gasteiger partial charge on any atom is -0.394 e. The van der Waals surface area contributed by atoms with Gasteiger partial charge in [-0.05, 0) is 16.8 Å². The van der Waals surface area contributed by atoms with Crippen molar-refractivity contribution in [3.05, 3.63) is 16.4 Å². The van der Waals surface area contributed by atoms with E-state index in [0.717, 1.165) is 0 Å². The van der Waals surface area contributed by atoms with Gasteiger partial charge in [-0.1, -0.05) is 0 Å². The van der Waals surface area contributed by atoms with Gasteiger partial charge in [-0.2, -0.15) is 0 Å². The number of morpholine rings is 1. The van der Waals surface area contributed by atoms with Crippen LogP contribution in [0.15, 0.2) is 6.33 Å². The second-order valence-electron chi connectivity index (χ2n) is 4.42. The van der Waals surface area contributed by atoms with Crippen LogP contribution < -0.4 is 4.90 Å². The van der Waals surface area contributed by atoms with Crippen LogP contribution in [0.3, 0.4) is 0 Å². The molecule has 1 N–H and O–H groups in total. The zero-order chi connectivity index (χ0) is 13.3. The molecule has 0 spiro atoms. The average Bonchev–Trinajstić information content (AvgIpc) is 2.70. The van der Waals surface area contributed by atoms with E-state index in [-0.39, 0.29) is 24.6 Å². The van der Waals surface area contributed by atoms with Gasteiger partial charge in [0.1, 0.15) is 0 Å². The van der Waals surface area contributed by atoms with Gasteiger partial charge in [-0.3, -0.25) is 4.57 Å². The van der Waals surface area contributed by atoms with Crippen LogP contribution >= 0.6 is 0 Å². The summed E-state index contributed by atoms with van der Waals surface area (Å²) in [7, 11) is 1.71. The zero-order valence-electron chi connectivity index (χ0n) is 10.3. The Balaban J connectivity index is 2.30. The van der Waals surface area contributed by atoms with Gasteiger partial charge in [0, 0.05) is 20.1 Å². The topological polar surface area (TPSA) is 93.7 Å². The summed E-state index contributed by atoms with van der Waals surface area (Å²) in [5, 5.41) is 20.1. The molecule has 1 aromatic rings. The molecule has 1 aromatic heterocycles. The van der Waals surface area contributed by atoms with E-state index < -0.39 is 4.92 Å². The van der Waals surface area contributed by atoms with Crippen molar-refractivity contribution in [2.75, 3.05) is 24.6 Å². The summed E-state index contributed by atoms with van der Waals surface area (Å²) in [4.78, 5) is 16.1. The first-order chi connectivity index (χ1) is 8.52. The van der Waals surface area contributed by atoms with Crippen molar-refractivity contribution in [3.63, 3.8) is 0 Å². The summed E-state index contributed by atoms with van der Waals surface area (Å²) in [6, 6.07) is 0. The number of aromatic nitrogens is 2. The quantitative estimate of drug-likeness (QED) is 0.600. The Bertz CT molecular complexity index is 447. The number of aryl methyl sites for hydroxylation is 1. The van der Waals surface area contributed by atoms with Crippen molar-refractivity contribution in [1.29, 1.82) is 0 Å². The van der Waals surface area contributed by atoms with E-state index in [0.29, 0.717) is 18.9 Å². The molecule has 8 nitrogen and oxygen atoms in total. The summed E-state index contributed by atoms with van der Waals surface area (Å²) >= 11 is 0. The summed E-state index contributed by atoms with van der Waals surface area (Å²) < 4.78 is 7.13. The molecule has 1 saturated heterocycles. The largest absolute Gasteiger partial charge is 0.406 e. The molecular weight excluding hydrogens is 240 g/mol. The van der Waals surface area contributed by atoms with E-state index in [1.54, 1.807) is 11.6 Å². The SMILES string of the molecule is CC1CN(c2c([N+](=O)[O-])ncn2C)CC(CO)O1. The van der Waals surface area contributed by atoms with Crippen molar-refractivity contribution >= 4 is 11.6 Å². The smallest absolute Gasteiger partial charge is 0.394 e. The van der Waals surface area contributed by atoms with E-state index in [4.69, 9.17) is 9.84 Å². The minimum atomic E-state index is -0.497. The van der Waals surface area contributed by atoms with E-state index in [9.17, 15) is 10.1 Å². The summed E-state index contributed by atoms with van der Waals surface area (Å²) in [5.41, 5.74) is 0. The third-order valence-corrected chi connectivity index (χ3v) is 2.89. The number of hydrogen-bond donors (Lipinski definition) is 1. The molecule has 2 heterocycles. The first-order valence-corrected chi connectivity index (χ1v) is 5.70. The number of nitrogens with zero attached hydrogens (tertiary/aromatic N) is 4. The van der Waals surface area contributed by atoms with Crippen molar-refractivity contribution in [2.24, 2.45) is 7.05 Å². The van der Waals surface area contributed by atoms with Crippen molar-refractivity contribution in [2.45, 2.75) is 19.1 Å². The van der Waals surface area contributed by atoms with E-state index in [1.165, 1.54) is 6.33 Å². The van der Waals surface area contributed by atoms with Gasteiger partial charge in [0.15, 0.2) is 0 Å². The van der Waals surface area contributed by atoms with Crippen LogP contribution in [0.4, 0.5) is 11.6 Å². The number of aliphatic hydroxyl groups is 1. The molecule has 1 aliphatic heterocycles. The van der Waals surface area contributed by atoms with Gasteiger partial charge in [-0.15, -0.1) is 0 Å². The van der Waals surface area contributed by atoms with Crippen LogP contribution in [-0.2, 0) is 11.8 Å². The lowest BCUT2D eigenvalue weighted by Crippen LogP contribution is -2.48. The fraction of sp³-hybridized carbons (Fsp3) is 0.700. The Hall–Kier alpha value is -1.67. The first kappa shape index (κ1) is 12.8. The highest BCUT2D eigenvalue weighted by Crippen LogP contribution is 2.28. The Morgan fingerprint density at radius 2 is 2.39 bits per heavy atom. The van der Waals surface area contributed by atoms with Gasteiger partial charge < -0.3 is 24.9 Å². The first-order valence-electron chi connectivity index (χ1n) is 5.70. The molecule has 0 saturated carbocycles. The number of ether oxygens (including phenoxy) is 1. The standard InChI is InChI=1S/C10H16N4O4/c1-7-3-13(4-8(5-15)18-7)10-9(14(16)17)11-6-12(10)2/h6-8,15H,3-5H2,1-2H3. The summed E-state index contributed by atoms with van der Waals surface area (Å²) in [5.74, 6) is 0.289. The highest BCUT2D eigenvalue weighted by atomic mass is 16.6. The lowest BCUT2D eigenvalue weighted by molar-refractivity contribution is -0.388. The van der Waals surface area contributed by atoms with E-state index >= 15 is 0 Å². The number of imidazole rings is 1. The number of hydrogen-bond acceptors (Lipinski definition) is 6. The maximum atomic E-state index is 10.9. The van der Waals surface area contributed by atoms with Gasteiger partial charge in [0.25, 0.3) is 0 Å². The lowest BCUT2D eigenvalue weighted by atomic mass is 10.2. The monoisotopic (exact) mass is 256 g/mol. The van der Waals surface area contributed by atoms with Gasteiger partial charge >= 0.3 is 5.82 Å². The van der Waals surface area contributed by atoms with Gasteiger partial charge in [0.05, 0.1) is 18.8 Å². The lowest BCUT2D eigenvalue weighted by Gasteiger charge is -2.36. The second-order valence-corrected chi connectivity index (χ2v) is 4.42. The van der Waals surface area contributed by atoms with Crippen LogP contribution in [0.2, 0.25) is 0 Å². The maximum absolute atomic E-state index is 10.9. The highest BCUT2D eigenvalue weighted by Gasteiger charge is 2.32. The molecule has 2 atom stereocenters. The third-order valence-electron chi connectivity index (χ3n) is 2.89. The Morgan fingerprint density at radius 1 is 1.67 bits per heavy atom. The molecule has 1 fully saturated rings. The van der Waals surface area contributed by atoms with Crippen LogP contribution in [0.1, 0.15) is 6.92 Å². The number of anilines is 1. The Morgan fingerprint density at radius 3 is 3.00 bits per heavy atom. The number of nitro groups is 1. The molecule has 8 heteroatoms. The predicted molar refractivity (Wildman–Crippen MR) is 63.5 cm³/mol. The minimum absolute atomic E-state index is 0.0922. The van der Waals surface area contributed by atoms with Crippen LogP contribution in [0, 0.1) is 10.1 Å². The second kappa shape index (κ2) is 4.91. The van der Waals surface area contributed by atoms with Crippen molar-refractivity contribution in [3.8, 4) is 0 Å². The molecule has 0 amide bonds. The fourth-order valence-corrected chi connectivity index (χ4v) is 2.22. The third kappa shape index (κ3) is 2.29. The summed E-state index contributed by atoms with van der Waals surface area (Å²) in [6.45, 7) is 2.72. The molecule has 0 radical (unpaired) electrons. The zero-order valence-corrected chi connectivity index (χ0v) is 10.3. The van der Waals surface area contributed by atoms with Crippen LogP contribution in [0.25, 0.3) is 0 Å². The molecule has 1 aliphatic rings. The number of rotatable bonds is 3. The molecule has 2 unspecified atom stereocenters. The van der Waals surface area contributed by atoms with Gasteiger partial charge in [0.2, 0.25) is 12.1 Å². The van der Waals surface area contributed by atoms with E-state index in [1.807, 2.05) is 11.8 Å². The normalized spacial score (nSPS) is 24.3. The highest BCUT2D eigenvalue weighted by molar-refractivity contribution is 5.55. The Kier molecular flexibility index (Phi) is 3.48. The van der Waals surface area contributed by atoms with Gasteiger partial charge in [-0.25, -0.2) is 0 Å². The Labute approximate surface area is 104 Å². The van der Waals surface area contributed by atoms with Crippen molar-refractivity contribution < 1.29 is 14.8 Å². The molecular formula is C10H16N4O4. The molecule has 0 aliphatic carbocycles. The molecule has 0 bridgehead atoms. The fourth-order valence-electron chi connectivity index (χ4n) is 2.22. The summed E-state index contributed by atoms with van der Waals surface area (Å²) in [6.07, 6.45) is 0.996. The average molecular weight is 256 g/mol. The molecule has 0 aromatic carbocycles. The molecule has 18 heavy (non-hydrogen) atoms. The van der Waals surface area contributed by atoms with Crippen LogP contribution in [-0.4, -0.2) is 51.5 Å². The number of aliphatic hydroxyl groups excluding tert-OH is 1. The van der Waals surface area contributed by atoms with Crippen molar-refractivity contribution in [1.82, 2.24) is 9.55 Å². The molecule has 2 rings (SSSR count). The van der Waals surface area contributed by atoms with Crippen LogP contribution in [0.5, 0.6) is 0 Å².